The van der Waals surface area contributed by atoms with Crippen molar-refractivity contribution in [2.45, 2.75) is 13.3 Å². The highest BCUT2D eigenvalue weighted by Gasteiger charge is 2.36. The van der Waals surface area contributed by atoms with Crippen LogP contribution in [0.25, 0.3) is 6.08 Å². The smallest absolute Gasteiger partial charge is 0.340 e. The first-order chi connectivity index (χ1) is 12.1. The topological polar surface area (TPSA) is 46.6 Å². The fraction of sp³-hybridized carbons (Fsp3) is 0.200. The molecular formula is C20H19NO3S. The van der Waals surface area contributed by atoms with Gasteiger partial charge in [-0.05, 0) is 36.4 Å². The summed E-state index contributed by atoms with van der Waals surface area (Å²) < 4.78 is 4.90. The molecule has 1 aromatic carbocycles. The number of hydrogen-bond acceptors (Lipinski definition) is 4. The molecule has 128 valence electrons. The van der Waals surface area contributed by atoms with Gasteiger partial charge in [0.1, 0.15) is 0 Å². The Bertz CT molecular complexity index is 835. The van der Waals surface area contributed by atoms with Crippen LogP contribution in [-0.4, -0.2) is 30.4 Å². The van der Waals surface area contributed by atoms with Gasteiger partial charge in [-0.15, -0.1) is 11.3 Å². The molecule has 0 aliphatic carbocycles. The molecule has 0 saturated carbocycles. The lowest BCUT2D eigenvalue weighted by Crippen LogP contribution is -2.27. The van der Waals surface area contributed by atoms with E-state index in [1.807, 2.05) is 47.8 Å². The van der Waals surface area contributed by atoms with Crippen molar-refractivity contribution in [2.75, 3.05) is 13.7 Å². The van der Waals surface area contributed by atoms with Crippen LogP contribution in [0.5, 0.6) is 0 Å². The van der Waals surface area contributed by atoms with Gasteiger partial charge in [-0.25, -0.2) is 4.79 Å². The third kappa shape index (κ3) is 3.56. The number of benzene rings is 1. The van der Waals surface area contributed by atoms with E-state index < -0.39 is 5.97 Å². The minimum Gasteiger partial charge on any atom is -0.465 e. The third-order valence-corrected chi connectivity index (χ3v) is 5.02. The summed E-state index contributed by atoms with van der Waals surface area (Å²) in [6, 6.07) is 13.8. The Balaban J connectivity index is 1.90. The van der Waals surface area contributed by atoms with Gasteiger partial charge in [0.25, 0.3) is 5.91 Å². The highest BCUT2D eigenvalue weighted by Crippen LogP contribution is 2.32. The molecule has 1 aliphatic heterocycles. The van der Waals surface area contributed by atoms with Crippen molar-refractivity contribution < 1.29 is 14.3 Å². The van der Waals surface area contributed by atoms with E-state index >= 15 is 0 Å². The molecule has 1 aromatic heterocycles. The largest absolute Gasteiger partial charge is 0.465 e. The molecule has 25 heavy (non-hydrogen) atoms. The molecule has 0 unspecified atom stereocenters. The number of thiophene rings is 1. The Morgan fingerprint density at radius 2 is 1.96 bits per heavy atom. The van der Waals surface area contributed by atoms with Gasteiger partial charge < -0.3 is 9.64 Å². The molecular weight excluding hydrogens is 334 g/mol. The zero-order chi connectivity index (χ0) is 17.8. The molecule has 0 bridgehead atoms. The van der Waals surface area contributed by atoms with E-state index in [2.05, 4.69) is 0 Å². The molecule has 0 atom stereocenters. The fourth-order valence-electron chi connectivity index (χ4n) is 2.90. The average Bonchev–Trinajstić information content (AvgIpc) is 3.22. The Hall–Kier alpha value is -2.66. The average molecular weight is 353 g/mol. The SMILES string of the molecule is COC(=O)C1=C(C)N(CCc2ccccc2)C(=O)C1=Cc1cccs1. The number of hydrogen-bond donors (Lipinski definition) is 0. The second kappa shape index (κ2) is 7.49. The van der Waals surface area contributed by atoms with Gasteiger partial charge >= 0.3 is 5.97 Å². The molecule has 4 nitrogen and oxygen atoms in total. The van der Waals surface area contributed by atoms with Crippen LogP contribution in [0, 0.1) is 0 Å². The van der Waals surface area contributed by atoms with Crippen molar-refractivity contribution in [3.05, 3.63) is 75.1 Å². The highest BCUT2D eigenvalue weighted by atomic mass is 32.1. The van der Waals surface area contributed by atoms with Crippen molar-refractivity contribution >= 4 is 29.3 Å². The van der Waals surface area contributed by atoms with Crippen LogP contribution in [0.2, 0.25) is 0 Å². The number of carbonyl (C=O) groups excluding carboxylic acids is 2. The molecule has 2 heterocycles. The van der Waals surface area contributed by atoms with Gasteiger partial charge in [-0.1, -0.05) is 36.4 Å². The fourth-order valence-corrected chi connectivity index (χ4v) is 3.56. The minimum absolute atomic E-state index is 0.151. The zero-order valence-corrected chi connectivity index (χ0v) is 15.0. The summed E-state index contributed by atoms with van der Waals surface area (Å²) in [6.45, 7) is 2.32. The van der Waals surface area contributed by atoms with E-state index in [4.69, 9.17) is 4.74 Å². The summed E-state index contributed by atoms with van der Waals surface area (Å²) in [6.07, 6.45) is 2.50. The summed E-state index contributed by atoms with van der Waals surface area (Å²) in [5, 5.41) is 1.94. The Kier molecular flexibility index (Phi) is 5.14. The van der Waals surface area contributed by atoms with Gasteiger partial charge in [0, 0.05) is 17.1 Å². The lowest BCUT2D eigenvalue weighted by atomic mass is 10.1. The summed E-state index contributed by atoms with van der Waals surface area (Å²) in [4.78, 5) is 27.7. The molecule has 0 radical (unpaired) electrons. The molecule has 0 fully saturated rings. The molecule has 2 aromatic rings. The summed E-state index contributed by atoms with van der Waals surface area (Å²) >= 11 is 1.52. The highest BCUT2D eigenvalue weighted by molar-refractivity contribution is 7.10. The second-order valence-corrected chi connectivity index (χ2v) is 6.70. The Labute approximate surface area is 151 Å². The minimum atomic E-state index is -0.476. The number of esters is 1. The van der Waals surface area contributed by atoms with Gasteiger partial charge in [0.05, 0.1) is 18.3 Å². The first kappa shape index (κ1) is 17.2. The van der Waals surface area contributed by atoms with E-state index in [1.165, 1.54) is 18.4 Å². The quantitative estimate of drug-likeness (QED) is 0.609. The standard InChI is InChI=1S/C20H19NO3S/c1-14-18(20(23)24-2)17(13-16-9-6-12-25-16)19(22)21(14)11-10-15-7-4-3-5-8-15/h3-9,12-13H,10-11H2,1-2H3. The van der Waals surface area contributed by atoms with Crippen molar-refractivity contribution in [3.63, 3.8) is 0 Å². The van der Waals surface area contributed by atoms with Gasteiger partial charge in [0.15, 0.2) is 0 Å². The van der Waals surface area contributed by atoms with Crippen LogP contribution in [-0.2, 0) is 20.7 Å². The number of allylic oxidation sites excluding steroid dienone is 1. The van der Waals surface area contributed by atoms with E-state index in [9.17, 15) is 9.59 Å². The van der Waals surface area contributed by atoms with Crippen molar-refractivity contribution in [1.82, 2.24) is 4.90 Å². The van der Waals surface area contributed by atoms with Gasteiger partial charge in [0.2, 0.25) is 0 Å². The van der Waals surface area contributed by atoms with Crippen LogP contribution in [0.1, 0.15) is 17.4 Å². The lowest BCUT2D eigenvalue weighted by Gasteiger charge is -2.17. The predicted octanol–water partition coefficient (Wildman–Crippen LogP) is 3.66. The van der Waals surface area contributed by atoms with Crippen molar-refractivity contribution in [1.29, 1.82) is 0 Å². The monoisotopic (exact) mass is 353 g/mol. The van der Waals surface area contributed by atoms with Crippen LogP contribution in [0.4, 0.5) is 0 Å². The number of methoxy groups -OCH3 is 1. The van der Waals surface area contributed by atoms with Crippen molar-refractivity contribution in [2.24, 2.45) is 0 Å². The molecule has 1 amide bonds. The van der Waals surface area contributed by atoms with E-state index in [-0.39, 0.29) is 5.91 Å². The first-order valence-electron chi connectivity index (χ1n) is 8.02. The Morgan fingerprint density at radius 3 is 2.60 bits per heavy atom. The van der Waals surface area contributed by atoms with Crippen molar-refractivity contribution in [3.8, 4) is 0 Å². The van der Waals surface area contributed by atoms with E-state index in [0.29, 0.717) is 23.4 Å². The second-order valence-electron chi connectivity index (χ2n) is 5.72. The molecule has 5 heteroatoms. The summed E-state index contributed by atoms with van der Waals surface area (Å²) in [5.41, 5.74) is 2.56. The van der Waals surface area contributed by atoms with E-state index in [0.717, 1.165) is 16.9 Å². The van der Waals surface area contributed by atoms with E-state index in [1.54, 1.807) is 17.9 Å². The third-order valence-electron chi connectivity index (χ3n) is 4.20. The zero-order valence-electron chi connectivity index (χ0n) is 14.2. The Morgan fingerprint density at radius 1 is 1.20 bits per heavy atom. The normalized spacial score (nSPS) is 16.0. The maximum Gasteiger partial charge on any atom is 0.340 e. The van der Waals surface area contributed by atoms with Gasteiger partial charge in [-0.2, -0.15) is 0 Å². The predicted molar refractivity (Wildman–Crippen MR) is 98.9 cm³/mol. The number of ether oxygens (including phenoxy) is 1. The van der Waals surface area contributed by atoms with Crippen LogP contribution in [0.3, 0.4) is 0 Å². The van der Waals surface area contributed by atoms with Crippen LogP contribution >= 0.6 is 11.3 Å². The molecule has 0 saturated heterocycles. The maximum atomic E-state index is 12.9. The number of nitrogens with zero attached hydrogens (tertiary/aromatic N) is 1. The van der Waals surface area contributed by atoms with Crippen LogP contribution < -0.4 is 0 Å². The summed E-state index contributed by atoms with van der Waals surface area (Å²) in [5.74, 6) is -0.627. The molecule has 3 rings (SSSR count). The lowest BCUT2D eigenvalue weighted by molar-refractivity contribution is -0.136. The number of rotatable bonds is 5. The van der Waals surface area contributed by atoms with Crippen LogP contribution in [0.15, 0.2) is 64.7 Å². The molecule has 1 aliphatic rings. The maximum absolute atomic E-state index is 12.9. The van der Waals surface area contributed by atoms with Gasteiger partial charge in [-0.3, -0.25) is 4.79 Å². The number of carbonyl (C=O) groups is 2. The number of amides is 1. The summed E-state index contributed by atoms with van der Waals surface area (Å²) in [7, 11) is 1.34. The molecule has 0 spiro atoms. The first-order valence-corrected chi connectivity index (χ1v) is 8.90. The molecule has 0 N–H and O–H groups in total.